The van der Waals surface area contributed by atoms with Crippen molar-refractivity contribution in [1.29, 1.82) is 0 Å². The molecule has 1 saturated carbocycles. The molecule has 1 aromatic heterocycles. The maximum Gasteiger partial charge on any atom is 0.335 e. The van der Waals surface area contributed by atoms with Crippen LogP contribution < -0.4 is 0 Å². The molecule has 2 heterocycles. The van der Waals surface area contributed by atoms with E-state index in [0.29, 0.717) is 29.1 Å². The highest BCUT2D eigenvalue weighted by Crippen LogP contribution is 2.50. The number of benzene rings is 2. The highest BCUT2D eigenvalue weighted by molar-refractivity contribution is 7.99. The van der Waals surface area contributed by atoms with Gasteiger partial charge in [0.2, 0.25) is 5.91 Å². The van der Waals surface area contributed by atoms with Crippen molar-refractivity contribution >= 4 is 52.4 Å². The second-order valence-electron chi connectivity index (χ2n) is 8.53. The molecule has 0 bridgehead atoms. The van der Waals surface area contributed by atoms with Crippen molar-refractivity contribution in [2.45, 2.75) is 23.3 Å². The third-order valence-corrected chi connectivity index (χ3v) is 8.18. The summed E-state index contributed by atoms with van der Waals surface area (Å²) in [6, 6.07) is 9.72. The van der Waals surface area contributed by atoms with Gasteiger partial charge in [-0.25, -0.2) is 9.18 Å². The van der Waals surface area contributed by atoms with Crippen LogP contribution in [0.1, 0.15) is 16.1 Å². The molecule has 3 aromatic rings. The molecule has 2 aromatic carbocycles. The van der Waals surface area contributed by atoms with Crippen molar-refractivity contribution in [3.63, 3.8) is 0 Å². The molecule has 170 valence electrons. The molecule has 1 aliphatic heterocycles. The minimum absolute atomic E-state index is 0.0330. The van der Waals surface area contributed by atoms with Crippen molar-refractivity contribution in [2.24, 2.45) is 17.8 Å². The number of hydrogen-bond donors (Lipinski definition) is 1. The number of fused-ring (bicyclic) bond motifs is 2. The summed E-state index contributed by atoms with van der Waals surface area (Å²) in [6.07, 6.45) is 0.973. The number of carboxylic acid groups (broad SMARTS) is 1. The average molecular weight is 487 g/mol. The van der Waals surface area contributed by atoms with E-state index in [9.17, 15) is 19.5 Å². The third kappa shape index (κ3) is 3.71. The van der Waals surface area contributed by atoms with Crippen molar-refractivity contribution in [3.8, 4) is 0 Å². The summed E-state index contributed by atoms with van der Waals surface area (Å²) >= 11 is 7.39. The Bertz CT molecular complexity index is 1310. The number of hydrogen-bond acceptors (Lipinski definition) is 4. The standard InChI is InChI=1S/C24H20ClFN2O4S/c1-12-23(33-14-4-2-3-13(7-14)24(31)32)15-5-6-19(25)21(26)22(15)28(12)10-20(30)27-8-16-17(9-27)18(16)11-29/h2-7,11,16-18H,8-10H2,1H3,(H,31,32). The Morgan fingerprint density at radius 3 is 2.64 bits per heavy atom. The fourth-order valence-electron chi connectivity index (χ4n) is 4.82. The number of carboxylic acids is 1. The number of aldehydes is 1. The fraction of sp³-hybridized carbons (Fsp3) is 0.292. The quantitative estimate of drug-likeness (QED) is 0.519. The monoisotopic (exact) mass is 486 g/mol. The number of aromatic nitrogens is 1. The first-order valence-corrected chi connectivity index (χ1v) is 11.7. The van der Waals surface area contributed by atoms with Gasteiger partial charge in [0.15, 0.2) is 5.82 Å². The van der Waals surface area contributed by atoms with Gasteiger partial charge < -0.3 is 19.4 Å². The van der Waals surface area contributed by atoms with Gasteiger partial charge in [-0.2, -0.15) is 0 Å². The molecule has 5 rings (SSSR count). The fourth-order valence-corrected chi connectivity index (χ4v) is 6.08. The van der Waals surface area contributed by atoms with Crippen LogP contribution in [0.5, 0.6) is 0 Å². The van der Waals surface area contributed by atoms with Gasteiger partial charge in [-0.1, -0.05) is 29.4 Å². The van der Waals surface area contributed by atoms with Crippen LogP contribution in [0, 0.1) is 30.5 Å². The average Bonchev–Trinajstić information content (AvgIpc) is 3.13. The molecule has 2 unspecified atom stereocenters. The lowest BCUT2D eigenvalue weighted by Gasteiger charge is -2.20. The molecule has 1 saturated heterocycles. The second kappa shape index (κ2) is 8.18. The van der Waals surface area contributed by atoms with Gasteiger partial charge in [0.1, 0.15) is 12.8 Å². The molecule has 2 fully saturated rings. The normalized spacial score (nSPS) is 21.3. The topological polar surface area (TPSA) is 79.6 Å². The van der Waals surface area contributed by atoms with E-state index in [0.717, 1.165) is 11.2 Å². The number of carbonyl (C=O) groups excluding carboxylic acids is 2. The lowest BCUT2D eigenvalue weighted by molar-refractivity contribution is -0.131. The molecular weight excluding hydrogens is 467 g/mol. The Kier molecular flexibility index (Phi) is 5.45. The number of carbonyl (C=O) groups is 3. The van der Waals surface area contributed by atoms with E-state index in [1.165, 1.54) is 23.9 Å². The van der Waals surface area contributed by atoms with Gasteiger partial charge in [-0.3, -0.25) is 4.79 Å². The smallest absolute Gasteiger partial charge is 0.335 e. The molecular formula is C24H20ClFN2O4S. The van der Waals surface area contributed by atoms with E-state index in [2.05, 4.69) is 0 Å². The number of piperidine rings is 1. The Hall–Kier alpha value is -2.84. The van der Waals surface area contributed by atoms with E-state index in [4.69, 9.17) is 11.6 Å². The number of rotatable bonds is 6. The lowest BCUT2D eigenvalue weighted by atomic mass is 10.2. The van der Waals surface area contributed by atoms with E-state index in [1.54, 1.807) is 33.7 Å². The number of nitrogens with zero attached hydrogens (tertiary/aromatic N) is 2. The molecule has 2 atom stereocenters. The summed E-state index contributed by atoms with van der Waals surface area (Å²) in [5, 5.41) is 9.87. The number of aromatic carboxylic acids is 1. The van der Waals surface area contributed by atoms with Gasteiger partial charge in [0, 0.05) is 39.9 Å². The molecule has 0 radical (unpaired) electrons. The highest BCUT2D eigenvalue weighted by Gasteiger charge is 2.56. The van der Waals surface area contributed by atoms with Gasteiger partial charge in [-0.05, 0) is 49.1 Å². The Labute approximate surface area is 198 Å². The summed E-state index contributed by atoms with van der Waals surface area (Å²) in [7, 11) is 0. The SMILES string of the molecule is Cc1c(Sc2cccc(C(=O)O)c2)c2ccc(Cl)c(F)c2n1CC(=O)N1CC2C(C=O)C2C1. The molecule has 9 heteroatoms. The summed E-state index contributed by atoms with van der Waals surface area (Å²) in [5.41, 5.74) is 1.10. The van der Waals surface area contributed by atoms with Crippen LogP contribution in [0.3, 0.4) is 0 Å². The van der Waals surface area contributed by atoms with Crippen LogP contribution in [-0.4, -0.2) is 45.8 Å². The van der Waals surface area contributed by atoms with Crippen LogP contribution in [0.25, 0.3) is 10.9 Å². The maximum atomic E-state index is 15.2. The highest BCUT2D eigenvalue weighted by atomic mass is 35.5. The summed E-state index contributed by atoms with van der Waals surface area (Å²) < 4.78 is 16.8. The largest absolute Gasteiger partial charge is 0.478 e. The number of likely N-dealkylation sites (tertiary alicyclic amines) is 1. The van der Waals surface area contributed by atoms with Gasteiger partial charge in [0.05, 0.1) is 16.1 Å². The molecule has 1 N–H and O–H groups in total. The third-order valence-electron chi connectivity index (χ3n) is 6.68. The zero-order chi connectivity index (χ0) is 23.4. The Morgan fingerprint density at radius 1 is 1.24 bits per heavy atom. The first-order chi connectivity index (χ1) is 15.8. The summed E-state index contributed by atoms with van der Waals surface area (Å²) in [4.78, 5) is 38.6. The van der Waals surface area contributed by atoms with E-state index < -0.39 is 11.8 Å². The van der Waals surface area contributed by atoms with Gasteiger partial charge >= 0.3 is 5.97 Å². The zero-order valence-corrected chi connectivity index (χ0v) is 19.2. The van der Waals surface area contributed by atoms with Crippen LogP contribution in [-0.2, 0) is 16.1 Å². The Balaban J connectivity index is 1.50. The first-order valence-electron chi connectivity index (χ1n) is 10.5. The Morgan fingerprint density at radius 2 is 1.97 bits per heavy atom. The van der Waals surface area contributed by atoms with Crippen molar-refractivity contribution in [2.75, 3.05) is 13.1 Å². The van der Waals surface area contributed by atoms with Crippen LogP contribution in [0.15, 0.2) is 46.2 Å². The molecule has 0 spiro atoms. The van der Waals surface area contributed by atoms with Crippen molar-refractivity contribution in [1.82, 2.24) is 9.47 Å². The minimum Gasteiger partial charge on any atom is -0.478 e. The van der Waals surface area contributed by atoms with Crippen LogP contribution >= 0.6 is 23.4 Å². The molecule has 1 aliphatic carbocycles. The predicted octanol–water partition coefficient (Wildman–Crippen LogP) is 4.49. The minimum atomic E-state index is -1.03. The number of amides is 1. The van der Waals surface area contributed by atoms with Gasteiger partial charge in [0.25, 0.3) is 0 Å². The maximum absolute atomic E-state index is 15.2. The van der Waals surface area contributed by atoms with E-state index in [-0.39, 0.29) is 46.3 Å². The molecule has 2 aliphatic rings. The zero-order valence-electron chi connectivity index (χ0n) is 17.6. The summed E-state index contributed by atoms with van der Waals surface area (Å²) in [6.45, 7) is 2.88. The van der Waals surface area contributed by atoms with E-state index >= 15 is 4.39 Å². The van der Waals surface area contributed by atoms with Crippen molar-refractivity contribution < 1.29 is 23.9 Å². The van der Waals surface area contributed by atoms with Crippen LogP contribution in [0.2, 0.25) is 5.02 Å². The molecule has 33 heavy (non-hydrogen) atoms. The molecule has 6 nitrogen and oxygen atoms in total. The van der Waals surface area contributed by atoms with Crippen LogP contribution in [0.4, 0.5) is 4.39 Å². The summed E-state index contributed by atoms with van der Waals surface area (Å²) in [5.74, 6) is -1.21. The first kappa shape index (κ1) is 22.0. The molecule has 1 amide bonds. The van der Waals surface area contributed by atoms with Gasteiger partial charge in [-0.15, -0.1) is 0 Å². The van der Waals surface area contributed by atoms with Crippen molar-refractivity contribution in [3.05, 3.63) is 58.5 Å². The predicted molar refractivity (Wildman–Crippen MR) is 122 cm³/mol. The van der Waals surface area contributed by atoms with E-state index in [1.807, 2.05) is 6.92 Å². The number of halogens is 2. The lowest BCUT2D eigenvalue weighted by Crippen LogP contribution is -2.34. The second-order valence-corrected chi connectivity index (χ2v) is 10.0.